The molecule has 2 nitrogen and oxygen atoms in total. The first-order chi connectivity index (χ1) is 10.2. The Balaban J connectivity index is 2.02. The lowest BCUT2D eigenvalue weighted by Gasteiger charge is -2.35. The van der Waals surface area contributed by atoms with E-state index in [0.29, 0.717) is 11.8 Å². The largest absolute Gasteiger partial charge is 0.388 e. The lowest BCUT2D eigenvalue weighted by atomic mass is 9.73. The Labute approximate surface area is 127 Å². The van der Waals surface area contributed by atoms with Gasteiger partial charge < -0.3 is 5.11 Å². The van der Waals surface area contributed by atoms with Crippen LogP contribution >= 0.6 is 0 Å². The van der Waals surface area contributed by atoms with Gasteiger partial charge in [-0.3, -0.25) is 4.98 Å². The number of aliphatic hydroxyl groups excluding tert-OH is 1. The van der Waals surface area contributed by atoms with Crippen molar-refractivity contribution < 1.29 is 5.11 Å². The molecule has 0 spiro atoms. The molecule has 112 valence electrons. The monoisotopic (exact) mass is 283 g/mol. The van der Waals surface area contributed by atoms with E-state index in [0.717, 1.165) is 28.6 Å². The van der Waals surface area contributed by atoms with E-state index in [1.807, 2.05) is 25.1 Å². The van der Waals surface area contributed by atoms with Gasteiger partial charge in [-0.15, -0.1) is 0 Å². The van der Waals surface area contributed by atoms with Gasteiger partial charge in [-0.25, -0.2) is 0 Å². The molecule has 1 aromatic carbocycles. The number of rotatable bonds is 3. The molecule has 1 aromatic heterocycles. The van der Waals surface area contributed by atoms with Crippen molar-refractivity contribution in [1.82, 2.24) is 4.98 Å². The molecular weight excluding hydrogens is 258 g/mol. The van der Waals surface area contributed by atoms with Crippen molar-refractivity contribution in [2.45, 2.75) is 52.1 Å². The Morgan fingerprint density at radius 2 is 2.00 bits per heavy atom. The van der Waals surface area contributed by atoms with Crippen LogP contribution in [0.5, 0.6) is 0 Å². The van der Waals surface area contributed by atoms with Gasteiger partial charge >= 0.3 is 0 Å². The lowest BCUT2D eigenvalue weighted by Crippen LogP contribution is -2.25. The van der Waals surface area contributed by atoms with Crippen LogP contribution in [0.15, 0.2) is 30.3 Å². The Hall–Kier alpha value is -1.41. The van der Waals surface area contributed by atoms with Gasteiger partial charge in [-0.1, -0.05) is 50.8 Å². The molecule has 0 radical (unpaired) electrons. The summed E-state index contributed by atoms with van der Waals surface area (Å²) >= 11 is 0. The van der Waals surface area contributed by atoms with Crippen LogP contribution in [0, 0.1) is 18.8 Å². The predicted octanol–water partition coefficient (Wildman–Crippen LogP) is 4.79. The van der Waals surface area contributed by atoms with E-state index in [-0.39, 0.29) is 6.10 Å². The van der Waals surface area contributed by atoms with E-state index in [9.17, 15) is 5.11 Å². The minimum Gasteiger partial charge on any atom is -0.388 e. The molecule has 2 aromatic rings. The first kappa shape index (κ1) is 14.5. The lowest BCUT2D eigenvalue weighted by molar-refractivity contribution is 0.0461. The first-order valence-corrected chi connectivity index (χ1v) is 8.25. The van der Waals surface area contributed by atoms with Gasteiger partial charge in [0, 0.05) is 11.1 Å². The normalized spacial score (nSPS) is 24.1. The van der Waals surface area contributed by atoms with Crippen molar-refractivity contribution in [1.29, 1.82) is 0 Å². The van der Waals surface area contributed by atoms with Gasteiger partial charge in [-0.05, 0) is 42.9 Å². The molecule has 1 N–H and O–H groups in total. The highest BCUT2D eigenvalue weighted by Gasteiger charge is 2.31. The maximum absolute atomic E-state index is 11.0. The number of aryl methyl sites for hydroxylation is 1. The van der Waals surface area contributed by atoms with Crippen LogP contribution in [0.3, 0.4) is 0 Å². The quantitative estimate of drug-likeness (QED) is 0.878. The number of pyridine rings is 1. The van der Waals surface area contributed by atoms with Gasteiger partial charge in [0.2, 0.25) is 0 Å². The van der Waals surface area contributed by atoms with Gasteiger partial charge in [0.15, 0.2) is 0 Å². The fourth-order valence-corrected chi connectivity index (χ4v) is 3.97. The molecule has 1 fully saturated rings. The second-order valence-corrected chi connectivity index (χ2v) is 6.43. The number of aromatic nitrogens is 1. The fourth-order valence-electron chi connectivity index (χ4n) is 3.97. The molecular formula is C19H25NO. The summed E-state index contributed by atoms with van der Waals surface area (Å²) in [6.45, 7) is 4.27. The second-order valence-electron chi connectivity index (χ2n) is 6.43. The minimum atomic E-state index is -0.359. The number of fused-ring (bicyclic) bond motifs is 1. The highest BCUT2D eigenvalue weighted by atomic mass is 16.3. The van der Waals surface area contributed by atoms with Gasteiger partial charge in [0.25, 0.3) is 0 Å². The molecule has 2 heteroatoms. The van der Waals surface area contributed by atoms with Crippen LogP contribution in [-0.4, -0.2) is 10.1 Å². The SMILES string of the molecule is CCC1CCCCC1C(O)c1cc(C)nc2ccccc12. The molecule has 1 aliphatic rings. The van der Waals surface area contributed by atoms with Crippen molar-refractivity contribution in [3.63, 3.8) is 0 Å². The van der Waals surface area contributed by atoms with Gasteiger partial charge in [-0.2, -0.15) is 0 Å². The summed E-state index contributed by atoms with van der Waals surface area (Å²) in [5.41, 5.74) is 3.06. The van der Waals surface area contributed by atoms with Crippen LogP contribution in [0.4, 0.5) is 0 Å². The standard InChI is InChI=1S/C19H25NO/c1-3-14-8-4-5-9-15(14)19(21)17-12-13(2)20-18-11-7-6-10-16(17)18/h6-7,10-12,14-15,19,21H,3-5,8-9H2,1-2H3. The molecule has 1 heterocycles. The van der Waals surface area contributed by atoms with Crippen molar-refractivity contribution >= 4 is 10.9 Å². The molecule has 1 saturated carbocycles. The zero-order chi connectivity index (χ0) is 14.8. The van der Waals surface area contributed by atoms with Crippen LogP contribution in [-0.2, 0) is 0 Å². The summed E-state index contributed by atoms with van der Waals surface area (Å²) in [4.78, 5) is 4.59. The number of nitrogens with zero attached hydrogens (tertiary/aromatic N) is 1. The first-order valence-electron chi connectivity index (χ1n) is 8.25. The average molecular weight is 283 g/mol. The van der Waals surface area contributed by atoms with Crippen LogP contribution in [0.2, 0.25) is 0 Å². The molecule has 3 atom stereocenters. The minimum absolute atomic E-state index is 0.359. The Kier molecular flexibility index (Phi) is 4.25. The smallest absolute Gasteiger partial charge is 0.0828 e. The molecule has 0 saturated heterocycles. The summed E-state index contributed by atoms with van der Waals surface area (Å²) in [6, 6.07) is 10.3. The third kappa shape index (κ3) is 2.82. The Bertz CT molecular complexity index is 622. The summed E-state index contributed by atoms with van der Waals surface area (Å²) < 4.78 is 0. The highest BCUT2D eigenvalue weighted by Crippen LogP contribution is 2.41. The summed E-state index contributed by atoms with van der Waals surface area (Å²) in [7, 11) is 0. The number of hydrogen-bond donors (Lipinski definition) is 1. The van der Waals surface area contributed by atoms with E-state index in [1.165, 1.54) is 25.7 Å². The molecule has 1 aliphatic carbocycles. The van der Waals surface area contributed by atoms with Crippen molar-refractivity contribution in [2.24, 2.45) is 11.8 Å². The second kappa shape index (κ2) is 6.15. The zero-order valence-corrected chi connectivity index (χ0v) is 13.0. The third-order valence-corrected chi connectivity index (χ3v) is 5.09. The topological polar surface area (TPSA) is 33.1 Å². The van der Waals surface area contributed by atoms with E-state index >= 15 is 0 Å². The maximum atomic E-state index is 11.0. The molecule has 0 amide bonds. The molecule has 3 rings (SSSR count). The summed E-state index contributed by atoms with van der Waals surface area (Å²) in [5.74, 6) is 1.05. The van der Waals surface area contributed by atoms with Crippen LogP contribution < -0.4 is 0 Å². The van der Waals surface area contributed by atoms with Crippen LogP contribution in [0.25, 0.3) is 10.9 Å². The average Bonchev–Trinajstić information content (AvgIpc) is 2.53. The highest BCUT2D eigenvalue weighted by molar-refractivity contribution is 5.82. The molecule has 0 aliphatic heterocycles. The van der Waals surface area contributed by atoms with Gasteiger partial charge in [0.05, 0.1) is 11.6 Å². The van der Waals surface area contributed by atoms with Crippen molar-refractivity contribution in [3.05, 3.63) is 41.6 Å². The Morgan fingerprint density at radius 3 is 2.81 bits per heavy atom. The molecule has 3 unspecified atom stereocenters. The third-order valence-electron chi connectivity index (χ3n) is 5.09. The fraction of sp³-hybridized carbons (Fsp3) is 0.526. The van der Waals surface area contributed by atoms with E-state index in [2.05, 4.69) is 24.0 Å². The van der Waals surface area contributed by atoms with E-state index < -0.39 is 0 Å². The maximum Gasteiger partial charge on any atom is 0.0828 e. The number of aliphatic hydroxyl groups is 1. The Morgan fingerprint density at radius 1 is 1.24 bits per heavy atom. The number of benzene rings is 1. The zero-order valence-electron chi connectivity index (χ0n) is 13.0. The van der Waals surface area contributed by atoms with Crippen molar-refractivity contribution in [3.8, 4) is 0 Å². The summed E-state index contributed by atoms with van der Waals surface area (Å²) in [5, 5.41) is 12.1. The van der Waals surface area contributed by atoms with E-state index in [4.69, 9.17) is 0 Å². The molecule has 0 bridgehead atoms. The summed E-state index contributed by atoms with van der Waals surface area (Å²) in [6.07, 6.45) is 5.79. The van der Waals surface area contributed by atoms with Crippen LogP contribution in [0.1, 0.15) is 56.4 Å². The van der Waals surface area contributed by atoms with Crippen molar-refractivity contribution in [2.75, 3.05) is 0 Å². The van der Waals surface area contributed by atoms with E-state index in [1.54, 1.807) is 0 Å². The number of para-hydroxylation sites is 1. The predicted molar refractivity (Wildman–Crippen MR) is 87.2 cm³/mol. The molecule has 21 heavy (non-hydrogen) atoms. The van der Waals surface area contributed by atoms with Gasteiger partial charge in [0.1, 0.15) is 0 Å². The number of hydrogen-bond acceptors (Lipinski definition) is 2.